The van der Waals surface area contributed by atoms with Crippen molar-refractivity contribution in [2.24, 2.45) is 0 Å². The molecule has 2 aromatic rings. The quantitative estimate of drug-likeness (QED) is 0.883. The Morgan fingerprint density at radius 1 is 1.22 bits per heavy atom. The summed E-state index contributed by atoms with van der Waals surface area (Å²) in [4.78, 5) is 1.12. The fourth-order valence-corrected chi connectivity index (χ4v) is 2.64. The van der Waals surface area contributed by atoms with Crippen molar-refractivity contribution in [2.45, 2.75) is 12.6 Å². The fourth-order valence-electron chi connectivity index (χ4n) is 1.58. The molecular weight excluding hydrogens is 273 g/mol. The first kappa shape index (κ1) is 13.5. The molecule has 1 unspecified atom stereocenters. The molecule has 1 aromatic heterocycles. The molecule has 2 N–H and O–H groups in total. The Kier molecular flexibility index (Phi) is 4.72. The molecule has 5 heteroatoms. The van der Waals surface area contributed by atoms with Crippen LogP contribution in [0.2, 0.25) is 4.34 Å². The normalized spacial score (nSPS) is 12.6. The molecule has 0 bridgehead atoms. The van der Waals surface area contributed by atoms with Gasteiger partial charge in [-0.1, -0.05) is 23.7 Å². The Morgan fingerprint density at radius 3 is 2.56 bits per heavy atom. The van der Waals surface area contributed by atoms with Crippen LogP contribution in [0.3, 0.4) is 0 Å². The third-order valence-corrected chi connectivity index (χ3v) is 3.75. The minimum Gasteiger partial charge on any atom is -0.387 e. The molecule has 0 aliphatic carbocycles. The van der Waals surface area contributed by atoms with Gasteiger partial charge in [-0.3, -0.25) is 0 Å². The lowest BCUT2D eigenvalue weighted by atomic mass is 10.1. The van der Waals surface area contributed by atoms with Crippen LogP contribution < -0.4 is 5.32 Å². The second kappa shape index (κ2) is 6.29. The molecule has 1 atom stereocenters. The third kappa shape index (κ3) is 3.78. The van der Waals surface area contributed by atoms with E-state index in [2.05, 4.69) is 5.32 Å². The van der Waals surface area contributed by atoms with E-state index in [4.69, 9.17) is 11.6 Å². The molecule has 0 fully saturated rings. The van der Waals surface area contributed by atoms with Gasteiger partial charge < -0.3 is 10.4 Å². The van der Waals surface area contributed by atoms with Gasteiger partial charge in [0, 0.05) is 18.0 Å². The molecular formula is C13H13ClFNOS. The molecule has 1 aromatic carbocycles. The van der Waals surface area contributed by atoms with Crippen molar-refractivity contribution in [3.8, 4) is 0 Å². The van der Waals surface area contributed by atoms with E-state index in [0.717, 1.165) is 9.21 Å². The van der Waals surface area contributed by atoms with E-state index in [0.29, 0.717) is 18.7 Å². The Hall–Kier alpha value is -0.940. The average Bonchev–Trinajstić information content (AvgIpc) is 2.76. The summed E-state index contributed by atoms with van der Waals surface area (Å²) < 4.78 is 13.5. The van der Waals surface area contributed by atoms with Gasteiger partial charge in [0.1, 0.15) is 5.82 Å². The number of thiophene rings is 1. The number of aliphatic hydroxyl groups is 1. The van der Waals surface area contributed by atoms with Crippen LogP contribution in [0.5, 0.6) is 0 Å². The monoisotopic (exact) mass is 285 g/mol. The highest BCUT2D eigenvalue weighted by Gasteiger charge is 2.07. The molecule has 1 heterocycles. The minimum absolute atomic E-state index is 0.299. The fraction of sp³-hybridized carbons (Fsp3) is 0.231. The van der Waals surface area contributed by atoms with Crippen molar-refractivity contribution in [3.63, 3.8) is 0 Å². The lowest BCUT2D eigenvalue weighted by molar-refractivity contribution is 0.174. The van der Waals surface area contributed by atoms with Crippen LogP contribution in [0.1, 0.15) is 16.5 Å². The van der Waals surface area contributed by atoms with Gasteiger partial charge in [-0.2, -0.15) is 0 Å². The zero-order chi connectivity index (χ0) is 13.0. The van der Waals surface area contributed by atoms with Crippen molar-refractivity contribution in [3.05, 3.63) is 57.0 Å². The molecule has 0 amide bonds. The highest BCUT2D eigenvalue weighted by atomic mass is 35.5. The summed E-state index contributed by atoms with van der Waals surface area (Å²) in [7, 11) is 0. The number of aliphatic hydroxyl groups excluding tert-OH is 1. The zero-order valence-electron chi connectivity index (χ0n) is 9.57. The Balaban J connectivity index is 1.81. The van der Waals surface area contributed by atoms with E-state index < -0.39 is 6.10 Å². The molecule has 0 aliphatic rings. The Morgan fingerprint density at radius 2 is 1.94 bits per heavy atom. The lowest BCUT2D eigenvalue weighted by Crippen LogP contribution is -2.20. The molecule has 0 spiro atoms. The summed E-state index contributed by atoms with van der Waals surface area (Å²) in [5.74, 6) is -0.299. The number of hydrogen-bond donors (Lipinski definition) is 2. The van der Waals surface area contributed by atoms with E-state index in [9.17, 15) is 9.50 Å². The maximum absolute atomic E-state index is 12.7. The first-order chi connectivity index (χ1) is 8.65. The van der Waals surface area contributed by atoms with Gasteiger partial charge in [-0.15, -0.1) is 11.3 Å². The van der Waals surface area contributed by atoms with E-state index in [1.165, 1.54) is 23.5 Å². The number of halogens is 2. The molecule has 2 rings (SSSR count). The second-order valence-electron chi connectivity index (χ2n) is 3.90. The third-order valence-electron chi connectivity index (χ3n) is 2.52. The summed E-state index contributed by atoms with van der Waals surface area (Å²) in [6, 6.07) is 9.66. The van der Waals surface area contributed by atoms with Crippen LogP contribution in [0.25, 0.3) is 0 Å². The summed E-state index contributed by atoms with van der Waals surface area (Å²) in [6.45, 7) is 1.08. The first-order valence-electron chi connectivity index (χ1n) is 5.53. The molecule has 0 saturated heterocycles. The van der Waals surface area contributed by atoms with Crippen molar-refractivity contribution in [2.75, 3.05) is 6.54 Å². The van der Waals surface area contributed by atoms with Crippen LogP contribution in [-0.2, 0) is 6.54 Å². The molecule has 0 radical (unpaired) electrons. The van der Waals surface area contributed by atoms with E-state index in [-0.39, 0.29) is 5.82 Å². The van der Waals surface area contributed by atoms with Gasteiger partial charge in [-0.05, 0) is 29.8 Å². The zero-order valence-corrected chi connectivity index (χ0v) is 11.1. The minimum atomic E-state index is -0.638. The van der Waals surface area contributed by atoms with Crippen LogP contribution in [0.15, 0.2) is 36.4 Å². The maximum atomic E-state index is 12.7. The molecule has 96 valence electrons. The SMILES string of the molecule is OC(CNCc1ccc(Cl)s1)c1ccc(F)cc1. The van der Waals surface area contributed by atoms with Crippen molar-refractivity contribution < 1.29 is 9.50 Å². The van der Waals surface area contributed by atoms with E-state index >= 15 is 0 Å². The molecule has 0 aliphatic heterocycles. The molecule has 0 saturated carbocycles. The van der Waals surface area contributed by atoms with Gasteiger partial charge in [0.05, 0.1) is 10.4 Å². The maximum Gasteiger partial charge on any atom is 0.123 e. The second-order valence-corrected chi connectivity index (χ2v) is 5.70. The number of hydrogen-bond acceptors (Lipinski definition) is 3. The highest BCUT2D eigenvalue weighted by molar-refractivity contribution is 7.16. The van der Waals surface area contributed by atoms with Crippen LogP contribution in [-0.4, -0.2) is 11.7 Å². The predicted octanol–water partition coefficient (Wildman–Crippen LogP) is 3.36. The summed E-state index contributed by atoms with van der Waals surface area (Å²) in [5.41, 5.74) is 0.702. The summed E-state index contributed by atoms with van der Waals surface area (Å²) in [6.07, 6.45) is -0.638. The van der Waals surface area contributed by atoms with Gasteiger partial charge in [-0.25, -0.2) is 4.39 Å². The van der Waals surface area contributed by atoms with Crippen molar-refractivity contribution in [1.29, 1.82) is 0 Å². The molecule has 2 nitrogen and oxygen atoms in total. The summed E-state index contributed by atoms with van der Waals surface area (Å²) >= 11 is 7.33. The number of nitrogens with one attached hydrogen (secondary N) is 1. The highest BCUT2D eigenvalue weighted by Crippen LogP contribution is 2.21. The largest absolute Gasteiger partial charge is 0.387 e. The van der Waals surface area contributed by atoms with Crippen LogP contribution in [0, 0.1) is 5.82 Å². The van der Waals surface area contributed by atoms with Gasteiger partial charge >= 0.3 is 0 Å². The van der Waals surface area contributed by atoms with Crippen LogP contribution >= 0.6 is 22.9 Å². The van der Waals surface area contributed by atoms with Gasteiger partial charge in [0.25, 0.3) is 0 Å². The Bertz CT molecular complexity index is 500. The predicted molar refractivity (Wildman–Crippen MR) is 72.4 cm³/mol. The van der Waals surface area contributed by atoms with E-state index in [1.54, 1.807) is 12.1 Å². The van der Waals surface area contributed by atoms with E-state index in [1.807, 2.05) is 12.1 Å². The lowest BCUT2D eigenvalue weighted by Gasteiger charge is -2.11. The van der Waals surface area contributed by atoms with Gasteiger partial charge in [0.2, 0.25) is 0 Å². The first-order valence-corrected chi connectivity index (χ1v) is 6.73. The summed E-state index contributed by atoms with van der Waals surface area (Å²) in [5, 5.41) is 13.0. The van der Waals surface area contributed by atoms with Crippen LogP contribution in [0.4, 0.5) is 4.39 Å². The van der Waals surface area contributed by atoms with Crippen molar-refractivity contribution in [1.82, 2.24) is 5.32 Å². The topological polar surface area (TPSA) is 32.3 Å². The smallest absolute Gasteiger partial charge is 0.123 e. The molecule has 18 heavy (non-hydrogen) atoms. The van der Waals surface area contributed by atoms with Gasteiger partial charge in [0.15, 0.2) is 0 Å². The number of rotatable bonds is 5. The average molecular weight is 286 g/mol. The standard InChI is InChI=1S/C13H13ClFNOS/c14-13-6-5-11(18-13)7-16-8-12(17)9-1-3-10(15)4-2-9/h1-6,12,16-17H,7-8H2. The number of benzene rings is 1. The Labute approximate surface area is 114 Å². The van der Waals surface area contributed by atoms with Crippen molar-refractivity contribution >= 4 is 22.9 Å².